The Labute approximate surface area is 117 Å². The average molecular weight is 331 g/mol. The van der Waals surface area contributed by atoms with Crippen molar-refractivity contribution in [3.05, 3.63) is 39.7 Å². The Bertz CT molecular complexity index is 532. The Kier molecular flexibility index (Phi) is 3.84. The van der Waals surface area contributed by atoms with Crippen LogP contribution < -0.4 is 5.32 Å². The van der Waals surface area contributed by atoms with E-state index in [9.17, 15) is 19.3 Å². The fourth-order valence-corrected chi connectivity index (χ4v) is 2.50. The number of nitrogens with one attached hydrogen (secondary N) is 1. The van der Waals surface area contributed by atoms with Gasteiger partial charge in [0.2, 0.25) is 0 Å². The van der Waals surface area contributed by atoms with E-state index in [-0.39, 0.29) is 11.0 Å². The minimum atomic E-state index is -0.755. The summed E-state index contributed by atoms with van der Waals surface area (Å²) in [6.45, 7) is 0.464. The summed E-state index contributed by atoms with van der Waals surface area (Å²) in [7, 11) is 0. The van der Waals surface area contributed by atoms with E-state index in [1.165, 1.54) is 0 Å². The van der Waals surface area contributed by atoms with Gasteiger partial charge in [-0.05, 0) is 30.4 Å². The number of halogens is 2. The van der Waals surface area contributed by atoms with Crippen molar-refractivity contribution in [3.8, 4) is 0 Å². The predicted octanol–water partition coefficient (Wildman–Crippen LogP) is 2.64. The third-order valence-corrected chi connectivity index (χ3v) is 4.46. The quantitative estimate of drug-likeness (QED) is 0.512. The van der Waals surface area contributed by atoms with Crippen LogP contribution in [0, 0.1) is 21.3 Å². The summed E-state index contributed by atoms with van der Waals surface area (Å²) in [5, 5.41) is 14.3. The zero-order valence-corrected chi connectivity index (χ0v) is 11.6. The van der Waals surface area contributed by atoms with Gasteiger partial charge < -0.3 is 5.32 Å². The SMILES string of the molecule is O=C(NCC1(CBr)CC1)c1ccc(F)cc1[N+](=O)[O-]. The topological polar surface area (TPSA) is 72.2 Å². The Morgan fingerprint density at radius 3 is 2.74 bits per heavy atom. The van der Waals surface area contributed by atoms with Gasteiger partial charge in [-0.25, -0.2) is 4.39 Å². The first-order valence-corrected chi connectivity index (χ1v) is 6.88. The smallest absolute Gasteiger partial charge is 0.285 e. The summed E-state index contributed by atoms with van der Waals surface area (Å²) < 4.78 is 13.0. The van der Waals surface area contributed by atoms with Gasteiger partial charge >= 0.3 is 0 Å². The summed E-state index contributed by atoms with van der Waals surface area (Å²) in [5.74, 6) is -1.28. The van der Waals surface area contributed by atoms with Crippen molar-refractivity contribution in [2.24, 2.45) is 5.41 Å². The van der Waals surface area contributed by atoms with E-state index in [2.05, 4.69) is 21.2 Å². The lowest BCUT2D eigenvalue weighted by Gasteiger charge is -2.12. The fraction of sp³-hybridized carbons (Fsp3) is 0.417. The maximum atomic E-state index is 13.0. The van der Waals surface area contributed by atoms with Crippen LogP contribution >= 0.6 is 15.9 Å². The molecule has 1 aliphatic rings. The molecule has 1 amide bonds. The number of nitrogens with zero attached hydrogens (tertiary/aromatic N) is 1. The summed E-state index contributed by atoms with van der Waals surface area (Å²) >= 11 is 3.38. The molecule has 1 aromatic carbocycles. The number of alkyl halides is 1. The van der Waals surface area contributed by atoms with Gasteiger partial charge in [0, 0.05) is 11.9 Å². The Hall–Kier alpha value is -1.50. The molecule has 0 aliphatic heterocycles. The van der Waals surface area contributed by atoms with Crippen molar-refractivity contribution in [2.75, 3.05) is 11.9 Å². The highest BCUT2D eigenvalue weighted by atomic mass is 79.9. The van der Waals surface area contributed by atoms with Crippen LogP contribution in [-0.4, -0.2) is 22.7 Å². The van der Waals surface area contributed by atoms with Gasteiger partial charge in [-0.1, -0.05) is 15.9 Å². The molecule has 0 saturated heterocycles. The number of rotatable bonds is 5. The molecule has 0 atom stereocenters. The number of carbonyl (C=O) groups excluding carboxylic acids is 1. The molecule has 0 bridgehead atoms. The minimum Gasteiger partial charge on any atom is -0.351 e. The molecule has 1 N–H and O–H groups in total. The molecule has 0 heterocycles. The van der Waals surface area contributed by atoms with E-state index in [0.717, 1.165) is 36.4 Å². The molecule has 7 heteroatoms. The Morgan fingerprint density at radius 2 is 2.21 bits per heavy atom. The number of nitro benzene ring substituents is 1. The second-order valence-electron chi connectivity index (χ2n) is 4.73. The van der Waals surface area contributed by atoms with Crippen molar-refractivity contribution in [1.82, 2.24) is 5.32 Å². The van der Waals surface area contributed by atoms with Crippen molar-refractivity contribution in [3.63, 3.8) is 0 Å². The molecule has 102 valence electrons. The lowest BCUT2D eigenvalue weighted by Crippen LogP contribution is -2.31. The second kappa shape index (κ2) is 5.24. The normalized spacial score (nSPS) is 15.9. The van der Waals surface area contributed by atoms with Crippen molar-refractivity contribution in [1.29, 1.82) is 0 Å². The zero-order valence-electron chi connectivity index (χ0n) is 9.99. The number of hydrogen-bond donors (Lipinski definition) is 1. The molecule has 0 unspecified atom stereocenters. The molecule has 19 heavy (non-hydrogen) atoms. The van der Waals surface area contributed by atoms with Gasteiger partial charge in [-0.3, -0.25) is 14.9 Å². The van der Waals surface area contributed by atoms with Crippen molar-refractivity contribution < 1.29 is 14.1 Å². The van der Waals surface area contributed by atoms with Crippen LogP contribution in [0.4, 0.5) is 10.1 Å². The third-order valence-electron chi connectivity index (χ3n) is 3.27. The maximum absolute atomic E-state index is 13.0. The molecular formula is C12H12BrFN2O3. The highest BCUT2D eigenvalue weighted by Gasteiger charge is 2.41. The van der Waals surface area contributed by atoms with E-state index in [4.69, 9.17) is 0 Å². The molecule has 1 saturated carbocycles. The van der Waals surface area contributed by atoms with Crippen LogP contribution in [-0.2, 0) is 0 Å². The molecule has 2 rings (SSSR count). The van der Waals surface area contributed by atoms with Crippen LogP contribution in [0.15, 0.2) is 18.2 Å². The van der Waals surface area contributed by atoms with E-state index < -0.39 is 22.3 Å². The number of amides is 1. The first kappa shape index (κ1) is 13.9. The Morgan fingerprint density at radius 1 is 1.53 bits per heavy atom. The van der Waals surface area contributed by atoms with Crippen molar-refractivity contribution >= 4 is 27.5 Å². The van der Waals surface area contributed by atoms with Crippen LogP contribution in [0.1, 0.15) is 23.2 Å². The monoisotopic (exact) mass is 330 g/mol. The molecule has 1 fully saturated rings. The van der Waals surface area contributed by atoms with Crippen LogP contribution in [0.5, 0.6) is 0 Å². The molecular weight excluding hydrogens is 319 g/mol. The van der Waals surface area contributed by atoms with Gasteiger partial charge in [-0.15, -0.1) is 0 Å². The largest absolute Gasteiger partial charge is 0.351 e. The predicted molar refractivity (Wildman–Crippen MR) is 70.8 cm³/mol. The summed E-state index contributed by atoms with van der Waals surface area (Å²) in [6, 6.07) is 2.93. The summed E-state index contributed by atoms with van der Waals surface area (Å²) in [4.78, 5) is 22.0. The standard InChI is InChI=1S/C12H12BrFN2O3/c13-6-12(3-4-12)7-15-11(17)9-2-1-8(14)5-10(9)16(18)19/h1-2,5H,3-4,6-7H2,(H,15,17). The first-order chi connectivity index (χ1) is 8.97. The molecule has 0 spiro atoms. The number of carbonyl (C=O) groups is 1. The van der Waals surface area contributed by atoms with E-state index >= 15 is 0 Å². The molecule has 1 aliphatic carbocycles. The van der Waals surface area contributed by atoms with Crippen LogP contribution in [0.2, 0.25) is 0 Å². The van der Waals surface area contributed by atoms with E-state index in [1.807, 2.05) is 0 Å². The molecule has 0 aromatic heterocycles. The summed E-state index contributed by atoms with van der Waals surface area (Å²) in [6.07, 6.45) is 2.04. The van der Waals surface area contributed by atoms with Gasteiger partial charge in [0.1, 0.15) is 11.4 Å². The molecule has 1 aromatic rings. The highest BCUT2D eigenvalue weighted by Crippen LogP contribution is 2.46. The molecule has 0 radical (unpaired) electrons. The zero-order chi connectivity index (χ0) is 14.0. The maximum Gasteiger partial charge on any atom is 0.285 e. The minimum absolute atomic E-state index is 0.0739. The lowest BCUT2D eigenvalue weighted by atomic mass is 10.1. The van der Waals surface area contributed by atoms with Gasteiger partial charge in [-0.2, -0.15) is 0 Å². The lowest BCUT2D eigenvalue weighted by molar-refractivity contribution is -0.385. The van der Waals surface area contributed by atoms with Crippen LogP contribution in [0.25, 0.3) is 0 Å². The highest BCUT2D eigenvalue weighted by molar-refractivity contribution is 9.09. The second-order valence-corrected chi connectivity index (χ2v) is 5.30. The van der Waals surface area contributed by atoms with Crippen molar-refractivity contribution in [2.45, 2.75) is 12.8 Å². The number of hydrogen-bond acceptors (Lipinski definition) is 3. The average Bonchev–Trinajstić information content (AvgIpc) is 3.16. The van der Waals surface area contributed by atoms with E-state index in [1.54, 1.807) is 0 Å². The van der Waals surface area contributed by atoms with E-state index in [0.29, 0.717) is 6.54 Å². The molecule has 5 nitrogen and oxygen atoms in total. The third kappa shape index (κ3) is 3.09. The first-order valence-electron chi connectivity index (χ1n) is 5.75. The number of nitro groups is 1. The van der Waals surface area contributed by atoms with Gasteiger partial charge in [0.05, 0.1) is 11.0 Å². The number of benzene rings is 1. The van der Waals surface area contributed by atoms with Gasteiger partial charge in [0.15, 0.2) is 0 Å². The summed E-state index contributed by atoms with van der Waals surface area (Å²) in [5.41, 5.74) is -0.553. The van der Waals surface area contributed by atoms with Crippen LogP contribution in [0.3, 0.4) is 0 Å². The van der Waals surface area contributed by atoms with Gasteiger partial charge in [0.25, 0.3) is 11.6 Å². The Balaban J connectivity index is 2.12. The fourth-order valence-electron chi connectivity index (χ4n) is 1.75.